The van der Waals surface area contributed by atoms with Crippen molar-refractivity contribution < 1.29 is 34.2 Å². The second-order valence-corrected chi connectivity index (χ2v) is 4.52. The van der Waals surface area contributed by atoms with E-state index >= 15 is 0 Å². The molecular weight excluding hydrogens is 461 g/mol. The van der Waals surface area contributed by atoms with Crippen molar-refractivity contribution in [2.45, 2.75) is 6.18 Å². The second kappa shape index (κ2) is 6.49. The van der Waals surface area contributed by atoms with Gasteiger partial charge in [-0.1, -0.05) is 17.7 Å². The number of H-pyrrole nitrogens is 1. The molecule has 0 radical (unpaired) electrons. The van der Waals surface area contributed by atoms with Gasteiger partial charge in [0.1, 0.15) is 0 Å². The topological polar surface area (TPSA) is 28.7 Å². The van der Waals surface area contributed by atoms with Crippen molar-refractivity contribution in [1.29, 1.82) is 0 Å². The van der Waals surface area contributed by atoms with Crippen LogP contribution in [-0.4, -0.2) is 9.97 Å². The summed E-state index contributed by atoms with van der Waals surface area (Å²) in [6.07, 6.45) is -2.83. The summed E-state index contributed by atoms with van der Waals surface area (Å²) in [5.74, 6) is 0.597. The SMILES string of the molecule is FC(F)(F)c1cccc(-c2cnc(-c3c[c-]ccc3)[nH]2)c1.[W+2]. The number of aromatic amines is 1. The molecule has 0 saturated carbocycles. The van der Waals surface area contributed by atoms with Gasteiger partial charge in [0, 0.05) is 5.56 Å². The van der Waals surface area contributed by atoms with E-state index in [-0.39, 0.29) is 21.1 Å². The normalized spacial score (nSPS) is 11.0. The van der Waals surface area contributed by atoms with Crippen LogP contribution in [0.25, 0.3) is 22.6 Å². The van der Waals surface area contributed by atoms with Crippen LogP contribution in [0.5, 0.6) is 0 Å². The first kappa shape index (κ1) is 16.5. The van der Waals surface area contributed by atoms with E-state index < -0.39 is 11.7 Å². The zero-order valence-electron chi connectivity index (χ0n) is 11.2. The average Bonchev–Trinajstić information content (AvgIpc) is 2.97. The number of rotatable bonds is 2. The third-order valence-corrected chi connectivity index (χ3v) is 3.06. The molecule has 0 amide bonds. The first-order valence-corrected chi connectivity index (χ1v) is 6.23. The predicted molar refractivity (Wildman–Crippen MR) is 73.3 cm³/mol. The fraction of sp³-hybridized carbons (Fsp3) is 0.0625. The van der Waals surface area contributed by atoms with Gasteiger partial charge in [0.15, 0.2) is 0 Å². The molecule has 2 nitrogen and oxygen atoms in total. The van der Waals surface area contributed by atoms with Crippen molar-refractivity contribution >= 4 is 0 Å². The van der Waals surface area contributed by atoms with Crippen LogP contribution in [0.1, 0.15) is 5.56 Å². The van der Waals surface area contributed by atoms with Crippen LogP contribution in [0.4, 0.5) is 13.2 Å². The van der Waals surface area contributed by atoms with Gasteiger partial charge in [-0.15, -0.1) is 0 Å². The predicted octanol–water partition coefficient (Wildman–Crippen LogP) is 4.56. The Balaban J connectivity index is 0.00000176. The Morgan fingerprint density at radius 1 is 1.05 bits per heavy atom. The van der Waals surface area contributed by atoms with Crippen molar-refractivity contribution in [2.24, 2.45) is 0 Å². The number of aromatic nitrogens is 2. The standard InChI is InChI=1S/C16H10F3N2.W/c17-16(18,19)13-8-4-7-12(9-13)14-10-20-15(21-14)11-5-2-1-3-6-11;/h1-2,4-10H,(H,20,21);/q-1;+2. The molecule has 0 fully saturated rings. The number of nitrogens with zero attached hydrogens (tertiary/aromatic N) is 1. The summed E-state index contributed by atoms with van der Waals surface area (Å²) in [4.78, 5) is 7.22. The molecule has 1 N–H and O–H groups in total. The third kappa shape index (κ3) is 3.47. The molecule has 3 aromatic rings. The van der Waals surface area contributed by atoms with E-state index in [1.165, 1.54) is 12.3 Å². The molecule has 0 atom stereocenters. The maximum Gasteiger partial charge on any atom is 2.00 e. The molecule has 1 aromatic heterocycles. The molecule has 0 saturated heterocycles. The van der Waals surface area contributed by atoms with Gasteiger partial charge in [0.05, 0.1) is 23.3 Å². The summed E-state index contributed by atoms with van der Waals surface area (Å²) in [5, 5.41) is 0. The number of halogens is 3. The maximum absolute atomic E-state index is 12.7. The van der Waals surface area contributed by atoms with E-state index in [4.69, 9.17) is 0 Å². The number of benzene rings is 2. The molecule has 0 bridgehead atoms. The number of alkyl halides is 3. The molecule has 0 aliphatic carbocycles. The molecule has 1 heterocycles. The quantitative estimate of drug-likeness (QED) is 0.546. The van der Waals surface area contributed by atoms with Crippen LogP contribution in [0.2, 0.25) is 0 Å². The summed E-state index contributed by atoms with van der Waals surface area (Å²) in [7, 11) is 0. The summed E-state index contributed by atoms with van der Waals surface area (Å²) in [6.45, 7) is 0. The third-order valence-electron chi connectivity index (χ3n) is 3.06. The summed E-state index contributed by atoms with van der Waals surface area (Å²) in [5.41, 5.74) is 1.14. The Morgan fingerprint density at radius 2 is 1.82 bits per heavy atom. The zero-order valence-corrected chi connectivity index (χ0v) is 14.1. The van der Waals surface area contributed by atoms with Crippen molar-refractivity contribution in [1.82, 2.24) is 9.97 Å². The van der Waals surface area contributed by atoms with E-state index in [2.05, 4.69) is 16.0 Å². The van der Waals surface area contributed by atoms with Gasteiger partial charge in [-0.25, -0.2) is 4.98 Å². The van der Waals surface area contributed by atoms with Gasteiger partial charge in [0.2, 0.25) is 0 Å². The second-order valence-electron chi connectivity index (χ2n) is 4.52. The van der Waals surface area contributed by atoms with Crippen molar-refractivity contribution in [3.05, 3.63) is 66.4 Å². The Kier molecular flexibility index (Phi) is 4.87. The zero-order chi connectivity index (χ0) is 14.9. The Morgan fingerprint density at radius 3 is 2.50 bits per heavy atom. The number of hydrogen-bond acceptors (Lipinski definition) is 1. The molecule has 0 aliphatic heterocycles. The fourth-order valence-electron chi connectivity index (χ4n) is 2.02. The summed E-state index contributed by atoms with van der Waals surface area (Å²) in [6, 6.07) is 15.3. The van der Waals surface area contributed by atoms with Crippen LogP contribution in [0, 0.1) is 6.07 Å². The molecule has 2 aromatic carbocycles. The van der Waals surface area contributed by atoms with Crippen LogP contribution in [-0.2, 0) is 27.2 Å². The molecule has 6 heteroatoms. The van der Waals surface area contributed by atoms with Crippen LogP contribution in [0.15, 0.2) is 54.7 Å². The first-order valence-electron chi connectivity index (χ1n) is 6.23. The van der Waals surface area contributed by atoms with Gasteiger partial charge in [-0.05, 0) is 12.1 Å². The largest absolute Gasteiger partial charge is 2.00 e. The molecule has 110 valence electrons. The van der Waals surface area contributed by atoms with Gasteiger partial charge in [0.25, 0.3) is 0 Å². The van der Waals surface area contributed by atoms with Crippen LogP contribution < -0.4 is 0 Å². The monoisotopic (exact) mass is 471 g/mol. The minimum Gasteiger partial charge on any atom is -0.348 e. The minimum atomic E-state index is -4.35. The number of nitrogens with one attached hydrogen (secondary N) is 1. The van der Waals surface area contributed by atoms with Crippen molar-refractivity contribution in [2.75, 3.05) is 0 Å². The van der Waals surface area contributed by atoms with Gasteiger partial charge < -0.3 is 4.98 Å². The molecule has 0 spiro atoms. The van der Waals surface area contributed by atoms with E-state index in [0.717, 1.165) is 17.7 Å². The number of imidazole rings is 1. The van der Waals surface area contributed by atoms with E-state index in [1.54, 1.807) is 18.2 Å². The minimum absolute atomic E-state index is 0. The molecule has 0 unspecified atom stereocenters. The van der Waals surface area contributed by atoms with Crippen LogP contribution in [0.3, 0.4) is 0 Å². The van der Waals surface area contributed by atoms with E-state index in [0.29, 0.717) is 17.1 Å². The Labute approximate surface area is 139 Å². The molecule has 0 aliphatic rings. The average molecular weight is 471 g/mol. The van der Waals surface area contributed by atoms with Crippen molar-refractivity contribution in [3.63, 3.8) is 0 Å². The first-order chi connectivity index (χ1) is 10.0. The molecular formula is C16H10F3N2W+. The van der Waals surface area contributed by atoms with Gasteiger partial charge in [-0.3, -0.25) is 0 Å². The smallest absolute Gasteiger partial charge is 0.348 e. The van der Waals surface area contributed by atoms with Gasteiger partial charge in [-0.2, -0.15) is 43.5 Å². The van der Waals surface area contributed by atoms with E-state index in [9.17, 15) is 13.2 Å². The summed E-state index contributed by atoms with van der Waals surface area (Å²) < 4.78 is 38.2. The maximum atomic E-state index is 12.7. The molecule has 22 heavy (non-hydrogen) atoms. The number of hydrogen-bond donors (Lipinski definition) is 1. The van der Waals surface area contributed by atoms with Gasteiger partial charge >= 0.3 is 27.2 Å². The van der Waals surface area contributed by atoms with E-state index in [1.807, 2.05) is 12.1 Å². The van der Waals surface area contributed by atoms with Crippen molar-refractivity contribution in [3.8, 4) is 22.6 Å². The summed E-state index contributed by atoms with van der Waals surface area (Å²) >= 11 is 0. The Bertz CT molecular complexity index is 751. The molecule has 3 rings (SSSR count). The Hall–Kier alpha value is -1.87. The fourth-order valence-corrected chi connectivity index (χ4v) is 2.02. The van der Waals surface area contributed by atoms with Crippen LogP contribution >= 0.6 is 0 Å².